The minimum absolute atomic E-state index is 0.343. The van der Waals surface area contributed by atoms with Crippen molar-refractivity contribution in [2.75, 3.05) is 17.7 Å². The molecule has 0 bridgehead atoms. The Morgan fingerprint density at radius 1 is 1.47 bits per heavy atom. The molecule has 1 aliphatic rings. The molecule has 1 unspecified atom stereocenters. The first-order valence-electron chi connectivity index (χ1n) is 6.10. The van der Waals surface area contributed by atoms with E-state index in [0.29, 0.717) is 11.2 Å². The molecule has 3 nitrogen and oxygen atoms in total. The zero-order chi connectivity index (χ0) is 13.4. The fraction of sp³-hybridized carbons (Fsp3) is 0.385. The van der Waals surface area contributed by atoms with Crippen LogP contribution < -0.4 is 4.90 Å². The number of anilines is 1. The van der Waals surface area contributed by atoms with E-state index in [2.05, 4.69) is 33.2 Å². The maximum atomic E-state index is 6.09. The fourth-order valence-corrected chi connectivity index (χ4v) is 4.01. The summed E-state index contributed by atoms with van der Waals surface area (Å²) in [6, 6.07) is 4.42. The summed E-state index contributed by atoms with van der Waals surface area (Å²) in [5, 5.41) is 3.41. The van der Waals surface area contributed by atoms with Crippen molar-refractivity contribution in [2.45, 2.75) is 24.5 Å². The highest BCUT2D eigenvalue weighted by molar-refractivity contribution is 7.98. The molecule has 2 aromatic rings. The van der Waals surface area contributed by atoms with E-state index >= 15 is 0 Å². The van der Waals surface area contributed by atoms with Gasteiger partial charge in [0.05, 0.1) is 6.04 Å². The Bertz CT molecular complexity index is 599. The number of thioether (sulfide) groups is 1. The lowest BCUT2D eigenvalue weighted by Gasteiger charge is -2.34. The van der Waals surface area contributed by atoms with Crippen molar-refractivity contribution in [1.29, 1.82) is 0 Å². The highest BCUT2D eigenvalue weighted by Gasteiger charge is 2.26. The van der Waals surface area contributed by atoms with Crippen LogP contribution in [-0.4, -0.2) is 22.8 Å². The van der Waals surface area contributed by atoms with Gasteiger partial charge in [-0.25, -0.2) is 9.97 Å². The number of fused-ring (bicyclic) bond motifs is 1. The van der Waals surface area contributed by atoms with Crippen LogP contribution in [-0.2, 0) is 6.42 Å². The van der Waals surface area contributed by atoms with Crippen LogP contribution in [0, 0.1) is 0 Å². The molecule has 0 aromatic carbocycles. The van der Waals surface area contributed by atoms with Crippen molar-refractivity contribution >= 4 is 40.5 Å². The number of nitrogens with zero attached hydrogens (tertiary/aromatic N) is 3. The van der Waals surface area contributed by atoms with Crippen LogP contribution in [0.3, 0.4) is 0 Å². The second-order valence-corrected chi connectivity index (χ2v) is 6.62. The van der Waals surface area contributed by atoms with Gasteiger partial charge < -0.3 is 4.90 Å². The standard InChI is InChI=1S/C13H14ClN3S2/c1-8-9-4-6-19-10(9)3-5-17(8)12-7-11(14)15-13(16-12)18-2/h4,6-8H,3,5H2,1-2H3. The molecule has 0 radical (unpaired) electrons. The van der Waals surface area contributed by atoms with Crippen LogP contribution in [0.4, 0.5) is 5.82 Å². The number of halogens is 1. The molecule has 6 heteroatoms. The van der Waals surface area contributed by atoms with E-state index in [1.807, 2.05) is 23.7 Å². The van der Waals surface area contributed by atoms with E-state index in [4.69, 9.17) is 11.6 Å². The third-order valence-corrected chi connectivity index (χ3v) is 5.15. The first kappa shape index (κ1) is 13.2. The predicted octanol–water partition coefficient (Wildman–Crippen LogP) is 4.04. The largest absolute Gasteiger partial charge is 0.349 e. The number of aromatic nitrogens is 2. The Kier molecular flexibility index (Phi) is 3.69. The Hall–Kier alpha value is -0.780. The van der Waals surface area contributed by atoms with Crippen LogP contribution >= 0.6 is 34.7 Å². The molecular formula is C13H14ClN3S2. The van der Waals surface area contributed by atoms with Gasteiger partial charge in [0.1, 0.15) is 11.0 Å². The molecule has 3 heterocycles. The summed E-state index contributed by atoms with van der Waals surface area (Å²) in [6.07, 6.45) is 3.04. The Morgan fingerprint density at radius 2 is 2.32 bits per heavy atom. The maximum absolute atomic E-state index is 6.09. The lowest BCUT2D eigenvalue weighted by molar-refractivity contribution is 0.620. The summed E-state index contributed by atoms with van der Waals surface area (Å²) in [4.78, 5) is 12.6. The van der Waals surface area contributed by atoms with Crippen LogP contribution in [0.2, 0.25) is 5.15 Å². The van der Waals surface area contributed by atoms with Crippen LogP contribution in [0.25, 0.3) is 0 Å². The molecule has 0 fully saturated rings. The molecular weight excluding hydrogens is 298 g/mol. The Labute approximate surface area is 126 Å². The fourth-order valence-electron chi connectivity index (χ4n) is 2.45. The van der Waals surface area contributed by atoms with Gasteiger partial charge in [-0.2, -0.15) is 0 Å². The van der Waals surface area contributed by atoms with Crippen molar-refractivity contribution in [3.8, 4) is 0 Å². The summed E-state index contributed by atoms with van der Waals surface area (Å²) in [5.74, 6) is 0.925. The van der Waals surface area contributed by atoms with E-state index < -0.39 is 0 Å². The molecule has 2 aromatic heterocycles. The van der Waals surface area contributed by atoms with Gasteiger partial charge in [0, 0.05) is 17.5 Å². The van der Waals surface area contributed by atoms with E-state index in [-0.39, 0.29) is 0 Å². The SMILES string of the molecule is CSc1nc(Cl)cc(N2CCc3sccc3C2C)n1. The van der Waals surface area contributed by atoms with E-state index in [1.54, 1.807) is 0 Å². The zero-order valence-corrected chi connectivity index (χ0v) is 13.1. The quantitative estimate of drug-likeness (QED) is 0.475. The summed E-state index contributed by atoms with van der Waals surface area (Å²) in [5.41, 5.74) is 1.41. The lowest BCUT2D eigenvalue weighted by atomic mass is 10.0. The third kappa shape index (κ3) is 2.47. The molecule has 0 saturated heterocycles. The van der Waals surface area contributed by atoms with Crippen LogP contribution in [0.5, 0.6) is 0 Å². The summed E-state index contributed by atoms with van der Waals surface area (Å²) < 4.78 is 0. The topological polar surface area (TPSA) is 29.0 Å². The normalized spacial score (nSPS) is 18.5. The molecule has 0 N–H and O–H groups in total. The zero-order valence-electron chi connectivity index (χ0n) is 10.8. The maximum Gasteiger partial charge on any atom is 0.190 e. The van der Waals surface area contributed by atoms with Gasteiger partial charge in [-0.05, 0) is 36.6 Å². The first-order chi connectivity index (χ1) is 9.19. The van der Waals surface area contributed by atoms with Crippen molar-refractivity contribution < 1.29 is 0 Å². The number of rotatable bonds is 2. The number of hydrogen-bond acceptors (Lipinski definition) is 5. The molecule has 0 amide bonds. The number of thiophene rings is 1. The smallest absolute Gasteiger partial charge is 0.190 e. The van der Waals surface area contributed by atoms with Crippen molar-refractivity contribution in [2.24, 2.45) is 0 Å². The Morgan fingerprint density at radius 3 is 3.11 bits per heavy atom. The monoisotopic (exact) mass is 311 g/mol. The van der Waals surface area contributed by atoms with Gasteiger partial charge in [0.25, 0.3) is 0 Å². The van der Waals surface area contributed by atoms with Crippen molar-refractivity contribution in [1.82, 2.24) is 9.97 Å². The molecule has 19 heavy (non-hydrogen) atoms. The average molecular weight is 312 g/mol. The van der Waals surface area contributed by atoms with Gasteiger partial charge in [-0.1, -0.05) is 23.4 Å². The highest BCUT2D eigenvalue weighted by Crippen LogP contribution is 2.36. The first-order valence-corrected chi connectivity index (χ1v) is 8.58. The Balaban J connectivity index is 1.97. The lowest BCUT2D eigenvalue weighted by Crippen LogP contribution is -2.33. The minimum atomic E-state index is 0.343. The molecule has 3 rings (SSSR count). The van der Waals surface area contributed by atoms with Gasteiger partial charge in [-0.3, -0.25) is 0 Å². The second kappa shape index (κ2) is 5.31. The van der Waals surface area contributed by atoms with Crippen molar-refractivity contribution in [3.05, 3.63) is 33.1 Å². The van der Waals surface area contributed by atoms with Gasteiger partial charge >= 0.3 is 0 Å². The van der Waals surface area contributed by atoms with Crippen molar-refractivity contribution in [3.63, 3.8) is 0 Å². The minimum Gasteiger partial charge on any atom is -0.349 e. The third-order valence-electron chi connectivity index (χ3n) is 3.41. The van der Waals surface area contributed by atoms with Gasteiger partial charge in [0.2, 0.25) is 0 Å². The molecule has 0 saturated carbocycles. The summed E-state index contributed by atoms with van der Waals surface area (Å²) in [6.45, 7) is 3.20. The average Bonchev–Trinajstić information content (AvgIpc) is 2.87. The summed E-state index contributed by atoms with van der Waals surface area (Å²) in [7, 11) is 0. The number of hydrogen-bond donors (Lipinski definition) is 0. The van der Waals surface area contributed by atoms with Gasteiger partial charge in [-0.15, -0.1) is 11.3 Å². The molecule has 1 aliphatic heterocycles. The molecule has 1 atom stereocenters. The van der Waals surface area contributed by atoms with Crippen LogP contribution in [0.15, 0.2) is 22.7 Å². The van der Waals surface area contributed by atoms with E-state index in [9.17, 15) is 0 Å². The second-order valence-electron chi connectivity index (χ2n) is 4.45. The predicted molar refractivity (Wildman–Crippen MR) is 82.6 cm³/mol. The molecule has 0 spiro atoms. The van der Waals surface area contributed by atoms with Gasteiger partial charge in [0.15, 0.2) is 5.16 Å². The van der Waals surface area contributed by atoms with E-state index in [0.717, 1.165) is 23.9 Å². The summed E-state index contributed by atoms with van der Waals surface area (Å²) >= 11 is 9.45. The molecule has 0 aliphatic carbocycles. The highest BCUT2D eigenvalue weighted by atomic mass is 35.5. The molecule has 100 valence electrons. The van der Waals surface area contributed by atoms with Crippen LogP contribution in [0.1, 0.15) is 23.4 Å². The van der Waals surface area contributed by atoms with E-state index in [1.165, 1.54) is 22.2 Å².